The maximum Gasteiger partial charge on any atom is 0.449 e. The lowest BCUT2D eigenvalue weighted by molar-refractivity contribution is -0.0624. The lowest BCUT2D eigenvalue weighted by Crippen LogP contribution is -2.38. The number of alkyl halides is 3. The fraction of sp³-hybridized carbons (Fsp3) is 0.357. The topological polar surface area (TPSA) is 68.8 Å². The molecule has 2 N–H and O–H groups in total. The van der Waals surface area contributed by atoms with E-state index in [1.165, 1.54) is 17.8 Å². The summed E-state index contributed by atoms with van der Waals surface area (Å²) in [6.07, 6.45) is -4.84. The standard InChI is InChI=1S/C14H16F3N5S/c1-21(2)7-8-23-12-11(18)22(13(19)14(15,16)17)10-6-4-3-5-9(10)20-12/h3-6,18-19H,7-8H2,1-2H3. The minimum absolute atomic E-state index is 0.0942. The van der Waals surface area contributed by atoms with Crippen molar-refractivity contribution in [2.24, 2.45) is 0 Å². The summed E-state index contributed by atoms with van der Waals surface area (Å²) in [7, 11) is 3.77. The van der Waals surface area contributed by atoms with Gasteiger partial charge in [-0.2, -0.15) is 13.2 Å². The normalized spacial score (nSPS) is 12.1. The number of rotatable bonds is 4. The lowest BCUT2D eigenvalue weighted by Gasteiger charge is -2.16. The van der Waals surface area contributed by atoms with Crippen LogP contribution in [0.25, 0.3) is 11.0 Å². The van der Waals surface area contributed by atoms with Crippen molar-refractivity contribution < 1.29 is 13.2 Å². The number of nitrogens with zero attached hydrogens (tertiary/aromatic N) is 3. The predicted molar refractivity (Wildman–Crippen MR) is 84.0 cm³/mol. The van der Waals surface area contributed by atoms with Gasteiger partial charge in [-0.15, -0.1) is 11.8 Å². The van der Waals surface area contributed by atoms with Crippen molar-refractivity contribution in [3.63, 3.8) is 0 Å². The van der Waals surface area contributed by atoms with Gasteiger partial charge in [-0.3, -0.25) is 15.4 Å². The third kappa shape index (κ3) is 3.91. The molecule has 0 radical (unpaired) electrons. The maximum absolute atomic E-state index is 13.0. The molecule has 0 spiro atoms. The summed E-state index contributed by atoms with van der Waals surface area (Å²) in [5.74, 6) is -1.00. The van der Waals surface area contributed by atoms with Crippen molar-refractivity contribution in [2.75, 3.05) is 26.4 Å². The van der Waals surface area contributed by atoms with E-state index >= 15 is 0 Å². The van der Waals surface area contributed by atoms with Crippen molar-refractivity contribution in [2.45, 2.75) is 11.2 Å². The van der Waals surface area contributed by atoms with Crippen LogP contribution < -0.4 is 5.49 Å². The van der Waals surface area contributed by atoms with Crippen LogP contribution in [-0.2, 0) is 0 Å². The molecule has 0 saturated carbocycles. The molecule has 1 aromatic heterocycles. The Labute approximate surface area is 135 Å². The van der Waals surface area contributed by atoms with Crippen molar-refractivity contribution >= 4 is 28.6 Å². The number of aromatic nitrogens is 2. The SMILES string of the molecule is CN(C)CCSc1nc2ccccc2n(C(=N)C(F)(F)F)c1=N. The quantitative estimate of drug-likeness (QED) is 0.509. The molecule has 1 aromatic carbocycles. The Balaban J connectivity index is 2.57. The summed E-state index contributed by atoms with van der Waals surface area (Å²) < 4.78 is 39.5. The minimum Gasteiger partial charge on any atom is -0.309 e. The molecule has 0 saturated heterocycles. The summed E-state index contributed by atoms with van der Waals surface area (Å²) in [6, 6.07) is 6.22. The van der Waals surface area contributed by atoms with Gasteiger partial charge in [-0.25, -0.2) is 4.98 Å². The van der Waals surface area contributed by atoms with Gasteiger partial charge in [0.1, 0.15) is 5.03 Å². The van der Waals surface area contributed by atoms with Gasteiger partial charge in [0, 0.05) is 12.3 Å². The Bertz CT molecular complexity index is 782. The number of para-hydroxylation sites is 2. The van der Waals surface area contributed by atoms with Crippen LogP contribution in [0.15, 0.2) is 29.3 Å². The van der Waals surface area contributed by atoms with Gasteiger partial charge in [0.2, 0.25) is 5.84 Å². The molecule has 1 heterocycles. The molecule has 5 nitrogen and oxygen atoms in total. The van der Waals surface area contributed by atoms with E-state index in [1.54, 1.807) is 18.2 Å². The Morgan fingerprint density at radius 1 is 1.30 bits per heavy atom. The van der Waals surface area contributed by atoms with Crippen LogP contribution in [0.3, 0.4) is 0 Å². The Hall–Kier alpha value is -1.87. The fourth-order valence-corrected chi connectivity index (χ4v) is 2.95. The van der Waals surface area contributed by atoms with Crippen LogP contribution in [-0.4, -0.2) is 52.9 Å². The van der Waals surface area contributed by atoms with E-state index in [1.807, 2.05) is 19.0 Å². The molecule has 0 bridgehead atoms. The average molecular weight is 343 g/mol. The van der Waals surface area contributed by atoms with Gasteiger partial charge in [-0.05, 0) is 26.2 Å². The molecule has 2 aromatic rings. The van der Waals surface area contributed by atoms with Gasteiger partial charge in [0.25, 0.3) is 0 Å². The van der Waals surface area contributed by atoms with Crippen LogP contribution in [0, 0.1) is 10.8 Å². The molecule has 0 aliphatic carbocycles. The van der Waals surface area contributed by atoms with Gasteiger partial charge in [-0.1, -0.05) is 12.1 Å². The summed E-state index contributed by atoms with van der Waals surface area (Å²) in [5.41, 5.74) is -0.00332. The van der Waals surface area contributed by atoms with E-state index in [-0.39, 0.29) is 10.5 Å². The molecule has 0 aliphatic rings. The largest absolute Gasteiger partial charge is 0.449 e. The zero-order valence-corrected chi connectivity index (χ0v) is 13.4. The number of fused-ring (bicyclic) bond motifs is 1. The van der Waals surface area contributed by atoms with Crippen molar-refractivity contribution in [1.29, 1.82) is 10.8 Å². The molecule has 0 amide bonds. The van der Waals surface area contributed by atoms with Crippen LogP contribution in [0.1, 0.15) is 0 Å². The highest BCUT2D eigenvalue weighted by Gasteiger charge is 2.37. The minimum atomic E-state index is -4.84. The zero-order valence-electron chi connectivity index (χ0n) is 12.6. The third-order valence-electron chi connectivity index (χ3n) is 3.04. The number of nitrogens with one attached hydrogen (secondary N) is 2. The molecule has 9 heteroatoms. The van der Waals surface area contributed by atoms with E-state index in [2.05, 4.69) is 4.98 Å². The first-order valence-electron chi connectivity index (χ1n) is 6.72. The molecule has 0 aliphatic heterocycles. The van der Waals surface area contributed by atoms with Crippen molar-refractivity contribution in [3.05, 3.63) is 29.8 Å². The second-order valence-electron chi connectivity index (χ2n) is 5.09. The summed E-state index contributed by atoms with van der Waals surface area (Å²) in [6.45, 7) is 0.704. The highest BCUT2D eigenvalue weighted by molar-refractivity contribution is 7.99. The highest BCUT2D eigenvalue weighted by Crippen LogP contribution is 2.21. The van der Waals surface area contributed by atoms with E-state index < -0.39 is 17.5 Å². The Kier molecular flexibility index (Phi) is 5.10. The van der Waals surface area contributed by atoms with Crippen molar-refractivity contribution in [1.82, 2.24) is 14.5 Å². The molecule has 0 fully saturated rings. The van der Waals surface area contributed by atoms with Crippen LogP contribution in [0.5, 0.6) is 0 Å². The lowest BCUT2D eigenvalue weighted by atomic mass is 10.3. The summed E-state index contributed by atoms with van der Waals surface area (Å²) in [4.78, 5) is 6.20. The molecule has 0 atom stereocenters. The summed E-state index contributed by atoms with van der Waals surface area (Å²) in [5, 5.41) is 15.6. The highest BCUT2D eigenvalue weighted by atomic mass is 32.2. The van der Waals surface area contributed by atoms with Crippen LogP contribution in [0.2, 0.25) is 0 Å². The second-order valence-corrected chi connectivity index (χ2v) is 6.17. The Morgan fingerprint density at radius 2 is 1.96 bits per heavy atom. The second kappa shape index (κ2) is 6.71. The average Bonchev–Trinajstić information content (AvgIpc) is 2.46. The zero-order chi connectivity index (χ0) is 17.2. The molecule has 0 unspecified atom stereocenters. The van der Waals surface area contributed by atoms with Crippen LogP contribution >= 0.6 is 11.8 Å². The third-order valence-corrected chi connectivity index (χ3v) is 3.98. The number of halogens is 3. The first kappa shape index (κ1) is 17.5. The van der Waals surface area contributed by atoms with Crippen molar-refractivity contribution in [3.8, 4) is 0 Å². The number of hydrogen-bond donors (Lipinski definition) is 2. The molecule has 124 valence electrons. The number of benzene rings is 1. The van der Waals surface area contributed by atoms with E-state index in [0.717, 1.165) is 0 Å². The van der Waals surface area contributed by atoms with E-state index in [9.17, 15) is 13.2 Å². The fourth-order valence-electron chi connectivity index (χ4n) is 1.91. The van der Waals surface area contributed by atoms with E-state index in [0.29, 0.717) is 22.4 Å². The monoisotopic (exact) mass is 343 g/mol. The van der Waals surface area contributed by atoms with Gasteiger partial charge >= 0.3 is 6.18 Å². The molecular formula is C14H16F3N5S. The number of hydrogen-bond acceptors (Lipinski definition) is 5. The predicted octanol–water partition coefficient (Wildman–Crippen LogP) is 2.56. The molecule has 2 rings (SSSR count). The first-order valence-corrected chi connectivity index (χ1v) is 7.70. The van der Waals surface area contributed by atoms with Crippen LogP contribution in [0.4, 0.5) is 13.2 Å². The molecule has 23 heavy (non-hydrogen) atoms. The Morgan fingerprint density at radius 3 is 2.57 bits per heavy atom. The molecular weight excluding hydrogens is 327 g/mol. The van der Waals surface area contributed by atoms with Gasteiger partial charge in [0.05, 0.1) is 11.0 Å². The maximum atomic E-state index is 13.0. The smallest absolute Gasteiger partial charge is 0.309 e. The van der Waals surface area contributed by atoms with E-state index in [4.69, 9.17) is 10.8 Å². The number of thioether (sulfide) groups is 1. The first-order chi connectivity index (χ1) is 10.7. The van der Waals surface area contributed by atoms with Gasteiger partial charge in [0.15, 0.2) is 5.49 Å². The van der Waals surface area contributed by atoms with Gasteiger partial charge < -0.3 is 4.90 Å². The summed E-state index contributed by atoms with van der Waals surface area (Å²) >= 11 is 1.21.